The molecule has 1 N–H and O–H groups in total. The highest BCUT2D eigenvalue weighted by Gasteiger charge is 2.15. The number of fused-ring (bicyclic) bond motifs is 1. The Morgan fingerprint density at radius 3 is 2.69 bits per heavy atom. The minimum absolute atomic E-state index is 0.315. The van der Waals surface area contributed by atoms with Gasteiger partial charge in [0.2, 0.25) is 10.0 Å². The van der Waals surface area contributed by atoms with Gasteiger partial charge in [-0.1, -0.05) is 13.0 Å². The Balaban J connectivity index is 1.75. The van der Waals surface area contributed by atoms with E-state index in [-0.39, 0.29) is 0 Å². The number of aromatic nitrogens is 2. The highest BCUT2D eigenvalue weighted by atomic mass is 32.2. The molecule has 3 aromatic rings. The standard InChI is InChI=1S/C20H25N3O2S/c1-4-12-23-14-17(19-6-5-10-21-20(19)23)9-11-22-26(24,25)18-8-7-15(2)16(3)13-18/h5-8,10,13-14,22H,4,9,11-12H2,1-3H3. The molecule has 0 amide bonds. The Kier molecular flexibility index (Phi) is 5.44. The summed E-state index contributed by atoms with van der Waals surface area (Å²) in [7, 11) is -3.50. The lowest BCUT2D eigenvalue weighted by Gasteiger charge is -2.08. The van der Waals surface area contributed by atoms with Crippen LogP contribution in [0.5, 0.6) is 0 Å². The second-order valence-electron chi connectivity index (χ2n) is 6.62. The Labute approximate surface area is 155 Å². The van der Waals surface area contributed by atoms with Gasteiger partial charge < -0.3 is 4.57 Å². The van der Waals surface area contributed by atoms with Crippen LogP contribution in [0.2, 0.25) is 0 Å². The van der Waals surface area contributed by atoms with Gasteiger partial charge in [0, 0.05) is 30.9 Å². The van der Waals surface area contributed by atoms with Crippen LogP contribution in [0.3, 0.4) is 0 Å². The van der Waals surface area contributed by atoms with Crippen molar-refractivity contribution in [1.29, 1.82) is 0 Å². The molecule has 26 heavy (non-hydrogen) atoms. The lowest BCUT2D eigenvalue weighted by atomic mass is 10.1. The Bertz CT molecular complexity index is 1020. The zero-order valence-electron chi connectivity index (χ0n) is 15.5. The maximum Gasteiger partial charge on any atom is 0.240 e. The number of aryl methyl sites for hydroxylation is 3. The Morgan fingerprint density at radius 2 is 1.96 bits per heavy atom. The molecule has 5 nitrogen and oxygen atoms in total. The zero-order valence-corrected chi connectivity index (χ0v) is 16.3. The van der Waals surface area contributed by atoms with Crippen LogP contribution in [0, 0.1) is 13.8 Å². The van der Waals surface area contributed by atoms with Crippen LogP contribution in [0.1, 0.15) is 30.0 Å². The van der Waals surface area contributed by atoms with Crippen molar-refractivity contribution in [2.45, 2.75) is 45.1 Å². The van der Waals surface area contributed by atoms with Crippen molar-refractivity contribution in [1.82, 2.24) is 14.3 Å². The van der Waals surface area contributed by atoms with Crippen LogP contribution in [-0.4, -0.2) is 24.5 Å². The van der Waals surface area contributed by atoms with Crippen molar-refractivity contribution in [3.05, 3.63) is 59.4 Å². The van der Waals surface area contributed by atoms with Gasteiger partial charge in [0.15, 0.2) is 0 Å². The topological polar surface area (TPSA) is 64.0 Å². The van der Waals surface area contributed by atoms with E-state index in [1.165, 1.54) is 0 Å². The summed E-state index contributed by atoms with van der Waals surface area (Å²) in [5.41, 5.74) is 4.13. The summed E-state index contributed by atoms with van der Waals surface area (Å²) in [4.78, 5) is 4.78. The van der Waals surface area contributed by atoms with Gasteiger partial charge in [0.25, 0.3) is 0 Å². The molecule has 0 aliphatic rings. The quantitative estimate of drug-likeness (QED) is 0.690. The van der Waals surface area contributed by atoms with E-state index >= 15 is 0 Å². The van der Waals surface area contributed by atoms with E-state index in [9.17, 15) is 8.42 Å². The fourth-order valence-electron chi connectivity index (χ4n) is 3.09. The van der Waals surface area contributed by atoms with Crippen LogP contribution >= 0.6 is 0 Å². The number of hydrogen-bond donors (Lipinski definition) is 1. The summed E-state index contributed by atoms with van der Waals surface area (Å²) < 4.78 is 29.9. The van der Waals surface area contributed by atoms with Crippen LogP contribution < -0.4 is 4.72 Å². The molecular weight excluding hydrogens is 346 g/mol. The van der Waals surface area contributed by atoms with Gasteiger partial charge in [-0.3, -0.25) is 0 Å². The van der Waals surface area contributed by atoms with E-state index in [1.807, 2.05) is 32.0 Å². The molecule has 2 heterocycles. The molecular formula is C20H25N3O2S. The van der Waals surface area contributed by atoms with Crippen molar-refractivity contribution in [2.24, 2.45) is 0 Å². The fourth-order valence-corrected chi connectivity index (χ4v) is 4.21. The van der Waals surface area contributed by atoms with Crippen LogP contribution in [0.25, 0.3) is 11.0 Å². The van der Waals surface area contributed by atoms with E-state index in [4.69, 9.17) is 0 Å². The molecule has 0 atom stereocenters. The molecule has 2 aromatic heterocycles. The average Bonchev–Trinajstić information content (AvgIpc) is 2.96. The van der Waals surface area contributed by atoms with Gasteiger partial charge in [0.1, 0.15) is 5.65 Å². The van der Waals surface area contributed by atoms with Gasteiger partial charge in [-0.05, 0) is 67.6 Å². The second-order valence-corrected chi connectivity index (χ2v) is 8.38. The van der Waals surface area contributed by atoms with Crippen molar-refractivity contribution in [2.75, 3.05) is 6.54 Å². The summed E-state index contributed by atoms with van der Waals surface area (Å²) >= 11 is 0. The number of pyridine rings is 1. The summed E-state index contributed by atoms with van der Waals surface area (Å²) in [5.74, 6) is 0. The largest absolute Gasteiger partial charge is 0.332 e. The summed E-state index contributed by atoms with van der Waals surface area (Å²) in [6.45, 7) is 7.28. The zero-order chi connectivity index (χ0) is 18.7. The Hall–Kier alpha value is -2.18. The fraction of sp³-hybridized carbons (Fsp3) is 0.350. The van der Waals surface area contributed by atoms with Gasteiger partial charge in [-0.25, -0.2) is 18.1 Å². The number of rotatable bonds is 7. The second kappa shape index (κ2) is 7.60. The van der Waals surface area contributed by atoms with E-state index < -0.39 is 10.0 Å². The predicted octanol–water partition coefficient (Wildman–Crippen LogP) is 3.58. The van der Waals surface area contributed by atoms with E-state index in [0.717, 1.165) is 40.7 Å². The SMILES string of the molecule is CCCn1cc(CCNS(=O)(=O)c2ccc(C)c(C)c2)c2cccnc21. The normalized spacial score (nSPS) is 12.0. The molecule has 138 valence electrons. The van der Waals surface area contributed by atoms with Gasteiger partial charge in [-0.15, -0.1) is 0 Å². The molecule has 0 saturated carbocycles. The number of hydrogen-bond acceptors (Lipinski definition) is 3. The molecule has 0 aliphatic carbocycles. The molecule has 0 bridgehead atoms. The van der Waals surface area contributed by atoms with Crippen LogP contribution in [0.15, 0.2) is 47.6 Å². The van der Waals surface area contributed by atoms with Crippen LogP contribution in [0.4, 0.5) is 0 Å². The lowest BCUT2D eigenvalue weighted by molar-refractivity contribution is 0.581. The molecule has 0 fully saturated rings. The van der Waals surface area contributed by atoms with Gasteiger partial charge in [0.05, 0.1) is 4.90 Å². The molecule has 6 heteroatoms. The van der Waals surface area contributed by atoms with Gasteiger partial charge in [-0.2, -0.15) is 0 Å². The molecule has 0 unspecified atom stereocenters. The summed E-state index contributed by atoms with van der Waals surface area (Å²) in [5, 5.41) is 1.09. The average molecular weight is 372 g/mol. The van der Waals surface area contributed by atoms with Crippen molar-refractivity contribution in [3.8, 4) is 0 Å². The highest BCUT2D eigenvalue weighted by molar-refractivity contribution is 7.89. The van der Waals surface area contributed by atoms with Crippen LogP contribution in [-0.2, 0) is 23.0 Å². The minimum atomic E-state index is -3.50. The van der Waals surface area contributed by atoms with Crippen molar-refractivity contribution in [3.63, 3.8) is 0 Å². The smallest absolute Gasteiger partial charge is 0.240 e. The third-order valence-electron chi connectivity index (χ3n) is 4.66. The number of benzene rings is 1. The molecule has 0 aliphatic heterocycles. The maximum atomic E-state index is 12.5. The number of nitrogens with zero attached hydrogens (tertiary/aromatic N) is 2. The highest BCUT2D eigenvalue weighted by Crippen LogP contribution is 2.20. The first-order valence-corrected chi connectivity index (χ1v) is 10.4. The summed E-state index contributed by atoms with van der Waals surface area (Å²) in [6.07, 6.45) is 5.54. The van der Waals surface area contributed by atoms with Crippen molar-refractivity contribution < 1.29 is 8.42 Å². The van der Waals surface area contributed by atoms with Crippen molar-refractivity contribution >= 4 is 21.1 Å². The molecule has 3 rings (SSSR count). The monoisotopic (exact) mass is 371 g/mol. The molecule has 0 radical (unpaired) electrons. The third kappa shape index (κ3) is 3.81. The first kappa shape index (κ1) is 18.6. The first-order chi connectivity index (χ1) is 12.4. The number of nitrogens with one attached hydrogen (secondary N) is 1. The van der Waals surface area contributed by atoms with E-state index in [2.05, 4.69) is 27.4 Å². The summed E-state index contributed by atoms with van der Waals surface area (Å²) in [6, 6.07) is 9.17. The Morgan fingerprint density at radius 1 is 1.15 bits per heavy atom. The van der Waals surface area contributed by atoms with E-state index in [0.29, 0.717) is 17.9 Å². The first-order valence-electron chi connectivity index (χ1n) is 8.92. The molecule has 0 saturated heterocycles. The van der Waals surface area contributed by atoms with E-state index in [1.54, 1.807) is 18.3 Å². The third-order valence-corrected chi connectivity index (χ3v) is 6.11. The maximum absolute atomic E-state index is 12.5. The minimum Gasteiger partial charge on any atom is -0.332 e. The predicted molar refractivity (Wildman–Crippen MR) is 105 cm³/mol. The van der Waals surface area contributed by atoms with Gasteiger partial charge >= 0.3 is 0 Å². The molecule has 0 spiro atoms. The number of sulfonamides is 1. The molecule has 1 aromatic carbocycles. The lowest BCUT2D eigenvalue weighted by Crippen LogP contribution is -2.26.